The number of rotatable bonds is 4. The number of carbonyl (C=O) groups excluding carboxylic acids is 1. The highest BCUT2D eigenvalue weighted by atomic mass is 16.5. The van der Waals surface area contributed by atoms with Crippen molar-refractivity contribution in [2.24, 2.45) is 11.1 Å². The molecule has 2 aliphatic carbocycles. The van der Waals surface area contributed by atoms with Gasteiger partial charge in [0.05, 0.1) is 6.10 Å². The number of nitrogens with zero attached hydrogens (tertiary/aromatic N) is 2. The van der Waals surface area contributed by atoms with Crippen molar-refractivity contribution in [2.75, 3.05) is 32.8 Å². The van der Waals surface area contributed by atoms with Crippen molar-refractivity contribution in [2.45, 2.75) is 70.6 Å². The number of carbonyl (C=O) groups is 1. The lowest BCUT2D eigenvalue weighted by Crippen LogP contribution is -2.76. The van der Waals surface area contributed by atoms with Crippen molar-refractivity contribution in [3.05, 3.63) is 0 Å². The van der Waals surface area contributed by atoms with E-state index in [2.05, 4.69) is 18.7 Å². The summed E-state index contributed by atoms with van der Waals surface area (Å²) < 4.78 is 5.75. The van der Waals surface area contributed by atoms with Crippen LogP contribution in [0, 0.1) is 5.41 Å². The van der Waals surface area contributed by atoms with Crippen LogP contribution in [0.1, 0.15) is 52.9 Å². The quantitative estimate of drug-likeness (QED) is 0.854. The van der Waals surface area contributed by atoms with Gasteiger partial charge in [0, 0.05) is 50.7 Å². The van der Waals surface area contributed by atoms with Gasteiger partial charge in [-0.15, -0.1) is 0 Å². The van der Waals surface area contributed by atoms with Crippen molar-refractivity contribution in [3.63, 3.8) is 0 Å². The van der Waals surface area contributed by atoms with Gasteiger partial charge in [0.15, 0.2) is 0 Å². The average molecular weight is 323 g/mol. The molecule has 0 aromatic carbocycles. The number of ether oxygens (including phenoxy) is 1. The van der Waals surface area contributed by atoms with Gasteiger partial charge in [-0.1, -0.05) is 26.7 Å². The topological polar surface area (TPSA) is 58.8 Å². The first-order valence-electron chi connectivity index (χ1n) is 9.34. The minimum Gasteiger partial charge on any atom is -0.378 e. The van der Waals surface area contributed by atoms with Gasteiger partial charge in [-0.2, -0.15) is 0 Å². The molecule has 5 heteroatoms. The first-order chi connectivity index (χ1) is 10.9. The van der Waals surface area contributed by atoms with Gasteiger partial charge in [-0.05, 0) is 19.8 Å². The SMILES string of the molecule is CCOC1CC(N)(C(=O)N2CCN(C3CCCC3)CC2)C1(C)C. The molecule has 0 aromatic heterocycles. The molecule has 3 fully saturated rings. The monoisotopic (exact) mass is 323 g/mol. The fraction of sp³-hybridized carbons (Fsp3) is 0.944. The van der Waals surface area contributed by atoms with Crippen LogP contribution in [-0.2, 0) is 9.53 Å². The molecule has 0 spiro atoms. The Morgan fingerprint density at radius 3 is 2.30 bits per heavy atom. The molecule has 2 saturated carbocycles. The van der Waals surface area contributed by atoms with Gasteiger partial charge < -0.3 is 15.4 Å². The summed E-state index contributed by atoms with van der Waals surface area (Å²) in [6, 6.07) is 0.751. The Bertz CT molecular complexity index is 440. The van der Waals surface area contributed by atoms with E-state index in [0.29, 0.717) is 13.0 Å². The van der Waals surface area contributed by atoms with Crippen LogP contribution in [0.3, 0.4) is 0 Å². The molecule has 3 rings (SSSR count). The maximum Gasteiger partial charge on any atom is 0.243 e. The number of hydrogen-bond donors (Lipinski definition) is 1. The summed E-state index contributed by atoms with van der Waals surface area (Å²) in [6.45, 7) is 10.5. The van der Waals surface area contributed by atoms with Crippen LogP contribution < -0.4 is 5.73 Å². The van der Waals surface area contributed by atoms with E-state index in [1.54, 1.807) is 0 Å². The van der Waals surface area contributed by atoms with Gasteiger partial charge in [0.2, 0.25) is 5.91 Å². The van der Waals surface area contributed by atoms with Crippen molar-refractivity contribution in [1.29, 1.82) is 0 Å². The zero-order valence-electron chi connectivity index (χ0n) is 15.0. The first kappa shape index (κ1) is 17.2. The summed E-state index contributed by atoms with van der Waals surface area (Å²) >= 11 is 0. The molecule has 0 aromatic rings. The van der Waals surface area contributed by atoms with E-state index in [9.17, 15) is 4.79 Å². The third-order valence-electron chi connectivity index (χ3n) is 6.65. The molecule has 1 amide bonds. The Morgan fingerprint density at radius 1 is 1.17 bits per heavy atom. The van der Waals surface area contributed by atoms with E-state index in [-0.39, 0.29) is 17.4 Å². The Morgan fingerprint density at radius 2 is 1.78 bits per heavy atom. The Kier molecular flexibility index (Phi) is 4.73. The van der Waals surface area contributed by atoms with Gasteiger partial charge in [-0.3, -0.25) is 9.69 Å². The maximum absolute atomic E-state index is 13.0. The van der Waals surface area contributed by atoms with E-state index >= 15 is 0 Å². The molecule has 132 valence electrons. The van der Waals surface area contributed by atoms with Gasteiger partial charge in [0.25, 0.3) is 0 Å². The third-order valence-corrected chi connectivity index (χ3v) is 6.65. The summed E-state index contributed by atoms with van der Waals surface area (Å²) in [5, 5.41) is 0. The van der Waals surface area contributed by atoms with E-state index in [1.807, 2.05) is 11.8 Å². The maximum atomic E-state index is 13.0. The van der Waals surface area contributed by atoms with Crippen molar-refractivity contribution in [1.82, 2.24) is 9.80 Å². The highest BCUT2D eigenvalue weighted by Crippen LogP contribution is 2.50. The summed E-state index contributed by atoms with van der Waals surface area (Å²) in [6.07, 6.45) is 6.14. The van der Waals surface area contributed by atoms with Gasteiger partial charge in [-0.25, -0.2) is 0 Å². The van der Waals surface area contributed by atoms with Crippen LogP contribution in [-0.4, -0.2) is 66.2 Å². The summed E-state index contributed by atoms with van der Waals surface area (Å²) in [5.74, 6) is 0.129. The fourth-order valence-corrected chi connectivity index (χ4v) is 4.64. The lowest BCUT2D eigenvalue weighted by molar-refractivity contribution is -0.180. The minimum atomic E-state index is -0.762. The molecule has 0 bridgehead atoms. The average Bonchev–Trinajstić information content (AvgIpc) is 3.08. The smallest absolute Gasteiger partial charge is 0.243 e. The second-order valence-corrected chi connectivity index (χ2v) is 8.11. The second-order valence-electron chi connectivity index (χ2n) is 8.11. The van der Waals surface area contributed by atoms with E-state index in [1.165, 1.54) is 25.7 Å². The highest BCUT2D eigenvalue weighted by Gasteiger charge is 2.63. The van der Waals surface area contributed by atoms with Crippen LogP contribution in [0.4, 0.5) is 0 Å². The van der Waals surface area contributed by atoms with Crippen LogP contribution >= 0.6 is 0 Å². The number of piperazine rings is 1. The molecule has 1 aliphatic heterocycles. The predicted molar refractivity (Wildman–Crippen MR) is 91.1 cm³/mol. The van der Waals surface area contributed by atoms with Crippen molar-refractivity contribution in [3.8, 4) is 0 Å². The van der Waals surface area contributed by atoms with Crippen LogP contribution in [0.5, 0.6) is 0 Å². The third kappa shape index (κ3) is 2.81. The van der Waals surface area contributed by atoms with Crippen LogP contribution in [0.15, 0.2) is 0 Å². The lowest BCUT2D eigenvalue weighted by Gasteiger charge is -2.59. The van der Waals surface area contributed by atoms with Crippen LogP contribution in [0.2, 0.25) is 0 Å². The zero-order valence-corrected chi connectivity index (χ0v) is 15.0. The molecule has 3 aliphatic rings. The van der Waals surface area contributed by atoms with E-state index in [0.717, 1.165) is 32.2 Å². The Balaban J connectivity index is 1.57. The Hall–Kier alpha value is -0.650. The molecular formula is C18H33N3O2. The fourth-order valence-electron chi connectivity index (χ4n) is 4.64. The predicted octanol–water partition coefficient (Wildman–Crippen LogP) is 1.61. The lowest BCUT2D eigenvalue weighted by atomic mass is 9.54. The van der Waals surface area contributed by atoms with Crippen molar-refractivity contribution < 1.29 is 9.53 Å². The second kappa shape index (κ2) is 6.34. The molecule has 2 N–H and O–H groups in total. The molecular weight excluding hydrogens is 290 g/mol. The minimum absolute atomic E-state index is 0.0984. The van der Waals surface area contributed by atoms with Gasteiger partial charge in [0.1, 0.15) is 5.54 Å². The number of nitrogens with two attached hydrogens (primary N) is 1. The summed E-state index contributed by atoms with van der Waals surface area (Å²) in [5.41, 5.74) is 5.50. The molecule has 0 radical (unpaired) electrons. The summed E-state index contributed by atoms with van der Waals surface area (Å²) in [7, 11) is 0. The largest absolute Gasteiger partial charge is 0.378 e. The van der Waals surface area contributed by atoms with Crippen molar-refractivity contribution >= 4 is 5.91 Å². The standard InChI is InChI=1S/C18H33N3O2/c1-4-23-15-13-18(19,17(15,2)3)16(22)21-11-9-20(10-12-21)14-7-5-6-8-14/h14-15H,4-13,19H2,1-3H3. The molecule has 1 heterocycles. The molecule has 23 heavy (non-hydrogen) atoms. The normalized spacial score (nSPS) is 35.3. The molecule has 2 unspecified atom stereocenters. The van der Waals surface area contributed by atoms with E-state index < -0.39 is 5.54 Å². The number of amides is 1. The molecule has 5 nitrogen and oxygen atoms in total. The molecule has 1 saturated heterocycles. The first-order valence-corrected chi connectivity index (χ1v) is 9.34. The molecule has 2 atom stereocenters. The highest BCUT2D eigenvalue weighted by molar-refractivity contribution is 5.89. The van der Waals surface area contributed by atoms with E-state index in [4.69, 9.17) is 10.5 Å². The summed E-state index contributed by atoms with van der Waals surface area (Å²) in [4.78, 5) is 17.6. The van der Waals surface area contributed by atoms with Gasteiger partial charge >= 0.3 is 0 Å². The zero-order chi connectivity index (χ0) is 16.7. The Labute approximate surface area is 140 Å². The van der Waals surface area contributed by atoms with Crippen LogP contribution in [0.25, 0.3) is 0 Å². The number of hydrogen-bond acceptors (Lipinski definition) is 4.